The molecule has 162 valence electrons. The van der Waals surface area contributed by atoms with E-state index in [1.807, 2.05) is 24.3 Å². The minimum atomic E-state index is -0.607. The fourth-order valence-corrected chi connectivity index (χ4v) is 6.38. The second-order valence-electron chi connectivity index (χ2n) is 7.49. The zero-order chi connectivity index (χ0) is 21.4. The van der Waals surface area contributed by atoms with Crippen molar-refractivity contribution < 1.29 is 20.1 Å². The van der Waals surface area contributed by atoms with E-state index in [4.69, 9.17) is 5.73 Å². The number of unbranched alkanes of at least 4 members (excludes halogenated alkanes) is 1. The van der Waals surface area contributed by atoms with Crippen LogP contribution in [0.4, 0.5) is 0 Å². The maximum atomic E-state index is 10.7. The summed E-state index contributed by atoms with van der Waals surface area (Å²) in [6.07, 6.45) is 10.0. The Morgan fingerprint density at radius 2 is 2.07 bits per heavy atom. The molecule has 5 N–H and O–H groups in total. The van der Waals surface area contributed by atoms with Crippen LogP contribution in [0.1, 0.15) is 43.4 Å². The van der Waals surface area contributed by atoms with Crippen LogP contribution in [0.5, 0.6) is 0 Å². The first-order valence-electron chi connectivity index (χ1n) is 9.87. The molecular weight excluding hydrogens is 522 g/mol. The molecule has 1 aromatic heterocycles. The average Bonchev–Trinajstić information content (AvgIpc) is 3.11. The van der Waals surface area contributed by atoms with Gasteiger partial charge in [-0.15, -0.1) is 11.3 Å². The maximum absolute atomic E-state index is 10.7. The molecule has 3 unspecified atom stereocenters. The van der Waals surface area contributed by atoms with Gasteiger partial charge in [0.15, 0.2) is 0 Å². The van der Waals surface area contributed by atoms with Gasteiger partial charge in [0.25, 0.3) is 0 Å². The van der Waals surface area contributed by atoms with Crippen molar-refractivity contribution in [2.24, 2.45) is 17.6 Å². The Morgan fingerprint density at radius 1 is 1.31 bits per heavy atom. The Balaban J connectivity index is 1.84. The van der Waals surface area contributed by atoms with Crippen molar-refractivity contribution >= 4 is 49.1 Å². The molecule has 0 spiro atoms. The highest BCUT2D eigenvalue weighted by Crippen LogP contribution is 2.36. The van der Waals surface area contributed by atoms with Crippen LogP contribution < -0.4 is 5.73 Å². The Bertz CT molecular complexity index is 722. The maximum Gasteiger partial charge on any atom is 0.217 e. The van der Waals surface area contributed by atoms with E-state index in [1.54, 1.807) is 17.4 Å². The lowest BCUT2D eigenvalue weighted by molar-refractivity contribution is -0.118. The van der Waals surface area contributed by atoms with Crippen molar-refractivity contribution in [3.05, 3.63) is 43.5 Å². The van der Waals surface area contributed by atoms with Gasteiger partial charge in [-0.25, -0.2) is 0 Å². The van der Waals surface area contributed by atoms with Crippen molar-refractivity contribution in [2.75, 3.05) is 0 Å². The molecule has 8 heteroatoms. The third-order valence-electron chi connectivity index (χ3n) is 5.23. The molecule has 1 heterocycles. The molecule has 0 aliphatic heterocycles. The second-order valence-corrected chi connectivity index (χ2v) is 10.9. The number of primary amides is 1. The monoisotopic (exact) mass is 549 g/mol. The lowest BCUT2D eigenvalue weighted by atomic mass is 9.89. The van der Waals surface area contributed by atoms with Crippen LogP contribution in [0.25, 0.3) is 0 Å². The molecule has 5 atom stereocenters. The van der Waals surface area contributed by atoms with Gasteiger partial charge >= 0.3 is 0 Å². The number of carbonyl (C=O) groups excluding carboxylic acids is 1. The number of nitrogens with two attached hydrogens (primary N) is 1. The molecule has 1 saturated carbocycles. The first-order chi connectivity index (χ1) is 13.8. The zero-order valence-electron chi connectivity index (χ0n) is 16.2. The van der Waals surface area contributed by atoms with Gasteiger partial charge < -0.3 is 21.1 Å². The highest BCUT2D eigenvalue weighted by Gasteiger charge is 2.39. The Kier molecular flexibility index (Phi) is 10.6. The normalized spacial score (nSPS) is 26.0. The van der Waals surface area contributed by atoms with Crippen LogP contribution in [-0.4, -0.2) is 39.5 Å². The Morgan fingerprint density at radius 3 is 2.72 bits per heavy atom. The number of aliphatic hydroxyl groups is 3. The van der Waals surface area contributed by atoms with Gasteiger partial charge in [-0.1, -0.05) is 24.3 Å². The average molecular weight is 551 g/mol. The summed E-state index contributed by atoms with van der Waals surface area (Å²) in [5.74, 6) is -0.559. The summed E-state index contributed by atoms with van der Waals surface area (Å²) in [6, 6.07) is 2.00. The standard InChI is InChI=1S/C21H29Br2NO4S/c22-16-11-20(23)29-19(16)10-8-13(25)7-9-15-14(17(26)12-18(15)27)5-3-1-2-4-6-21(24)28/h1,3,7,9,11,13-15,17-18,25-27H,2,4-6,8,10,12H2,(H2,24,28)/t13?,14-,15-,17?,18?/m1/s1. The van der Waals surface area contributed by atoms with Gasteiger partial charge in [0, 0.05) is 28.1 Å². The summed E-state index contributed by atoms with van der Waals surface area (Å²) in [6.45, 7) is 0. The summed E-state index contributed by atoms with van der Waals surface area (Å²) in [4.78, 5) is 11.9. The fourth-order valence-electron chi connectivity index (χ4n) is 3.65. The van der Waals surface area contributed by atoms with E-state index in [2.05, 4.69) is 31.9 Å². The topological polar surface area (TPSA) is 104 Å². The minimum absolute atomic E-state index is 0.0803. The number of hydrogen-bond acceptors (Lipinski definition) is 5. The molecule has 5 nitrogen and oxygen atoms in total. The summed E-state index contributed by atoms with van der Waals surface area (Å²) >= 11 is 8.62. The SMILES string of the molecule is NC(=O)CCCC=CC[C@H]1C(O)CC(O)[C@@H]1C=CC(O)CCc1sc(Br)cc1Br. The van der Waals surface area contributed by atoms with Gasteiger partial charge in [0.1, 0.15) is 0 Å². The molecule has 0 aromatic carbocycles. The van der Waals surface area contributed by atoms with Gasteiger partial charge in [-0.2, -0.15) is 0 Å². The quantitative estimate of drug-likeness (QED) is 0.246. The van der Waals surface area contributed by atoms with Gasteiger partial charge in [0.2, 0.25) is 5.91 Å². The van der Waals surface area contributed by atoms with Crippen molar-refractivity contribution in [2.45, 2.75) is 63.3 Å². The van der Waals surface area contributed by atoms with Crippen LogP contribution >= 0.6 is 43.2 Å². The molecule has 29 heavy (non-hydrogen) atoms. The number of allylic oxidation sites excluding steroid dienone is 2. The molecule has 1 aliphatic carbocycles. The number of halogens is 2. The van der Waals surface area contributed by atoms with Crippen LogP contribution in [0.15, 0.2) is 38.6 Å². The number of thiophene rings is 1. The van der Waals surface area contributed by atoms with Gasteiger partial charge in [-0.3, -0.25) is 4.79 Å². The molecular formula is C21H29Br2NO4S. The molecule has 2 rings (SSSR count). The van der Waals surface area contributed by atoms with Gasteiger partial charge in [0.05, 0.1) is 22.1 Å². The van der Waals surface area contributed by atoms with E-state index < -0.39 is 18.3 Å². The zero-order valence-corrected chi connectivity index (χ0v) is 20.2. The van der Waals surface area contributed by atoms with Crippen molar-refractivity contribution in [1.29, 1.82) is 0 Å². The van der Waals surface area contributed by atoms with E-state index >= 15 is 0 Å². The summed E-state index contributed by atoms with van der Waals surface area (Å²) in [5.41, 5.74) is 5.12. The third kappa shape index (κ3) is 8.26. The van der Waals surface area contributed by atoms with Crippen LogP contribution in [0, 0.1) is 11.8 Å². The van der Waals surface area contributed by atoms with Crippen LogP contribution in [-0.2, 0) is 11.2 Å². The molecule has 0 saturated heterocycles. The predicted octanol–water partition coefficient (Wildman–Crippen LogP) is 4.08. The molecule has 1 amide bonds. The number of amides is 1. The number of aryl methyl sites for hydroxylation is 1. The smallest absolute Gasteiger partial charge is 0.217 e. The van der Waals surface area contributed by atoms with Crippen LogP contribution in [0.3, 0.4) is 0 Å². The van der Waals surface area contributed by atoms with E-state index in [9.17, 15) is 20.1 Å². The van der Waals surface area contributed by atoms with Crippen molar-refractivity contribution in [1.82, 2.24) is 0 Å². The van der Waals surface area contributed by atoms with E-state index in [0.29, 0.717) is 32.1 Å². The number of rotatable bonds is 11. The molecule has 1 aliphatic rings. The lowest BCUT2D eigenvalue weighted by Gasteiger charge is -2.19. The summed E-state index contributed by atoms with van der Waals surface area (Å²) < 4.78 is 2.10. The summed E-state index contributed by atoms with van der Waals surface area (Å²) in [7, 11) is 0. The lowest BCUT2D eigenvalue weighted by Crippen LogP contribution is -2.20. The largest absolute Gasteiger partial charge is 0.393 e. The number of hydrogen-bond donors (Lipinski definition) is 4. The number of carbonyl (C=O) groups is 1. The highest BCUT2D eigenvalue weighted by molar-refractivity contribution is 9.11. The van der Waals surface area contributed by atoms with Crippen molar-refractivity contribution in [3.63, 3.8) is 0 Å². The summed E-state index contributed by atoms with van der Waals surface area (Å²) in [5, 5.41) is 30.9. The Hall–Kier alpha value is -0.510. The van der Waals surface area contributed by atoms with Crippen molar-refractivity contribution in [3.8, 4) is 0 Å². The molecule has 0 radical (unpaired) electrons. The van der Waals surface area contributed by atoms with E-state index in [1.165, 1.54) is 4.88 Å². The highest BCUT2D eigenvalue weighted by atomic mass is 79.9. The van der Waals surface area contributed by atoms with Gasteiger partial charge in [-0.05, 0) is 75.9 Å². The molecule has 0 bridgehead atoms. The molecule has 1 fully saturated rings. The fraction of sp³-hybridized carbons (Fsp3) is 0.571. The van der Waals surface area contributed by atoms with Crippen LogP contribution in [0.2, 0.25) is 0 Å². The number of aliphatic hydroxyl groups excluding tert-OH is 3. The third-order valence-corrected chi connectivity index (χ3v) is 7.90. The molecule has 1 aromatic rings. The predicted molar refractivity (Wildman–Crippen MR) is 124 cm³/mol. The van der Waals surface area contributed by atoms with E-state index in [-0.39, 0.29) is 17.7 Å². The van der Waals surface area contributed by atoms with E-state index in [0.717, 1.165) is 21.1 Å². The Labute approximate surface area is 193 Å². The second kappa shape index (κ2) is 12.4. The minimum Gasteiger partial charge on any atom is -0.393 e. The first-order valence-corrected chi connectivity index (χ1v) is 12.3. The first kappa shape index (κ1) is 24.8.